The molecule has 0 spiro atoms. The summed E-state index contributed by atoms with van der Waals surface area (Å²) in [5.41, 5.74) is 0.412. The Balaban J connectivity index is 2.16. The maximum Gasteiger partial charge on any atom is -0.00832 e. The lowest BCUT2D eigenvalue weighted by Gasteiger charge is -2.33. The number of unbranched alkanes of at least 4 members (excludes halogenated alkanes) is 4. The van der Waals surface area contributed by atoms with Gasteiger partial charge in [0, 0.05) is 0 Å². The van der Waals surface area contributed by atoms with Gasteiger partial charge in [-0.2, -0.15) is 0 Å². The van der Waals surface area contributed by atoms with Crippen LogP contribution in [0.2, 0.25) is 0 Å². The third-order valence-electron chi connectivity index (χ3n) is 3.95. The zero-order chi connectivity index (χ0) is 11.9. The molecule has 1 rings (SSSR count). The number of hydrogen-bond donors (Lipinski definition) is 0. The number of rotatable bonds is 7. The van der Waals surface area contributed by atoms with Crippen molar-refractivity contribution in [3.05, 3.63) is 24.3 Å². The first-order valence-electron chi connectivity index (χ1n) is 6.75. The molecule has 92 valence electrons. The molecule has 0 bridgehead atoms. The molecule has 0 fully saturated rings. The van der Waals surface area contributed by atoms with E-state index in [0.717, 1.165) is 0 Å². The fourth-order valence-electron chi connectivity index (χ4n) is 2.37. The summed E-state index contributed by atoms with van der Waals surface area (Å²) in [6.45, 7) is 4.74. The van der Waals surface area contributed by atoms with Crippen molar-refractivity contribution in [3.8, 4) is 0 Å². The van der Waals surface area contributed by atoms with Gasteiger partial charge in [-0.15, -0.1) is 9.24 Å². The molecule has 1 aliphatic rings. The van der Waals surface area contributed by atoms with Crippen LogP contribution in [0, 0.1) is 11.3 Å². The van der Waals surface area contributed by atoms with Crippen molar-refractivity contribution in [1.29, 1.82) is 0 Å². The highest BCUT2D eigenvalue weighted by molar-refractivity contribution is 7.16. The molecule has 0 nitrogen and oxygen atoms in total. The van der Waals surface area contributed by atoms with Crippen LogP contribution >= 0.6 is 9.24 Å². The summed E-state index contributed by atoms with van der Waals surface area (Å²) >= 11 is 0. The molecule has 1 heteroatoms. The van der Waals surface area contributed by atoms with Gasteiger partial charge in [0.1, 0.15) is 0 Å². The summed E-state index contributed by atoms with van der Waals surface area (Å²) in [6, 6.07) is 0. The molecule has 0 aromatic carbocycles. The molecular formula is C15H27P. The van der Waals surface area contributed by atoms with Crippen LogP contribution in [0.1, 0.15) is 52.4 Å². The predicted molar refractivity (Wildman–Crippen MR) is 77.8 cm³/mol. The van der Waals surface area contributed by atoms with Crippen molar-refractivity contribution in [1.82, 2.24) is 0 Å². The van der Waals surface area contributed by atoms with E-state index < -0.39 is 0 Å². The molecular weight excluding hydrogens is 211 g/mol. The Kier molecular flexibility index (Phi) is 6.36. The van der Waals surface area contributed by atoms with E-state index in [0.29, 0.717) is 11.3 Å². The standard InChI is InChI=1S/C15H27P/c1-14-10-6-8-12-15(14,2)11-7-4-3-5-9-13-16/h6,8,10,12,14H,3-5,7,9,11,13,16H2,1-2H3. The lowest BCUT2D eigenvalue weighted by molar-refractivity contribution is 0.287. The minimum absolute atomic E-state index is 0.412. The normalized spacial score (nSPS) is 28.6. The van der Waals surface area contributed by atoms with Crippen LogP contribution in [0.3, 0.4) is 0 Å². The quantitative estimate of drug-likeness (QED) is 0.434. The first-order valence-corrected chi connectivity index (χ1v) is 7.57. The molecule has 0 aromatic heterocycles. The molecule has 16 heavy (non-hydrogen) atoms. The molecule has 0 radical (unpaired) electrons. The first-order chi connectivity index (χ1) is 7.69. The molecule has 0 saturated carbocycles. The lowest BCUT2D eigenvalue weighted by atomic mass is 9.72. The molecule has 0 N–H and O–H groups in total. The summed E-state index contributed by atoms with van der Waals surface area (Å²) in [5, 5.41) is 0. The predicted octanol–water partition coefficient (Wildman–Crippen LogP) is 4.97. The summed E-state index contributed by atoms with van der Waals surface area (Å²) in [4.78, 5) is 0. The number of hydrogen-bond acceptors (Lipinski definition) is 0. The molecule has 0 aromatic rings. The smallest absolute Gasteiger partial charge is 0.00832 e. The van der Waals surface area contributed by atoms with E-state index in [-0.39, 0.29) is 0 Å². The Morgan fingerprint density at radius 3 is 2.44 bits per heavy atom. The zero-order valence-electron chi connectivity index (χ0n) is 10.9. The van der Waals surface area contributed by atoms with Gasteiger partial charge in [0.25, 0.3) is 0 Å². The zero-order valence-corrected chi connectivity index (χ0v) is 12.1. The Morgan fingerprint density at radius 2 is 1.75 bits per heavy atom. The van der Waals surface area contributed by atoms with Crippen molar-refractivity contribution < 1.29 is 0 Å². The highest BCUT2D eigenvalue weighted by Crippen LogP contribution is 2.37. The molecule has 3 atom stereocenters. The SMILES string of the molecule is CC1C=CC=CC1(C)CCCCCCCP. The van der Waals surface area contributed by atoms with Gasteiger partial charge in [-0.05, 0) is 30.3 Å². The molecule has 0 saturated heterocycles. The number of allylic oxidation sites excluding steroid dienone is 4. The van der Waals surface area contributed by atoms with E-state index >= 15 is 0 Å². The van der Waals surface area contributed by atoms with Gasteiger partial charge in [0.05, 0.1) is 0 Å². The van der Waals surface area contributed by atoms with Crippen LogP contribution in [0.15, 0.2) is 24.3 Å². The van der Waals surface area contributed by atoms with Crippen molar-refractivity contribution in [2.45, 2.75) is 52.4 Å². The summed E-state index contributed by atoms with van der Waals surface area (Å²) in [5.74, 6) is 0.699. The van der Waals surface area contributed by atoms with Crippen LogP contribution in [0.25, 0.3) is 0 Å². The Morgan fingerprint density at radius 1 is 1.06 bits per heavy atom. The second-order valence-electron chi connectivity index (χ2n) is 5.34. The second-order valence-corrected chi connectivity index (χ2v) is 5.92. The van der Waals surface area contributed by atoms with Crippen molar-refractivity contribution in [2.24, 2.45) is 11.3 Å². The minimum Gasteiger partial charge on any atom is -0.138 e. The summed E-state index contributed by atoms with van der Waals surface area (Å²) < 4.78 is 0. The highest BCUT2D eigenvalue weighted by atomic mass is 31.0. The average molecular weight is 238 g/mol. The fraction of sp³-hybridized carbons (Fsp3) is 0.733. The van der Waals surface area contributed by atoms with E-state index in [1.807, 2.05) is 0 Å². The van der Waals surface area contributed by atoms with Gasteiger partial charge < -0.3 is 0 Å². The maximum absolute atomic E-state index is 2.81. The van der Waals surface area contributed by atoms with Crippen molar-refractivity contribution in [2.75, 3.05) is 6.16 Å². The fourth-order valence-corrected chi connectivity index (χ4v) is 2.66. The summed E-state index contributed by atoms with van der Waals surface area (Å²) in [7, 11) is 2.81. The second kappa shape index (κ2) is 7.28. The van der Waals surface area contributed by atoms with Crippen LogP contribution in [-0.4, -0.2) is 6.16 Å². The third-order valence-corrected chi connectivity index (χ3v) is 4.36. The van der Waals surface area contributed by atoms with E-state index in [4.69, 9.17) is 0 Å². The molecule has 0 heterocycles. The average Bonchev–Trinajstić information content (AvgIpc) is 2.28. The lowest BCUT2D eigenvalue weighted by Crippen LogP contribution is -2.23. The van der Waals surface area contributed by atoms with Crippen LogP contribution in [-0.2, 0) is 0 Å². The molecule has 0 amide bonds. The van der Waals surface area contributed by atoms with Crippen LogP contribution < -0.4 is 0 Å². The van der Waals surface area contributed by atoms with Gasteiger partial charge in [-0.1, -0.05) is 63.8 Å². The van der Waals surface area contributed by atoms with Crippen LogP contribution in [0.4, 0.5) is 0 Å². The Hall–Kier alpha value is -0.0900. The van der Waals surface area contributed by atoms with Gasteiger partial charge >= 0.3 is 0 Å². The summed E-state index contributed by atoms with van der Waals surface area (Å²) in [6.07, 6.45) is 18.7. The Bertz CT molecular complexity index is 242. The maximum atomic E-state index is 2.81. The van der Waals surface area contributed by atoms with E-state index in [2.05, 4.69) is 47.4 Å². The molecule has 0 aliphatic heterocycles. The van der Waals surface area contributed by atoms with Crippen LogP contribution in [0.5, 0.6) is 0 Å². The monoisotopic (exact) mass is 238 g/mol. The van der Waals surface area contributed by atoms with Gasteiger partial charge in [-0.3, -0.25) is 0 Å². The van der Waals surface area contributed by atoms with Crippen molar-refractivity contribution in [3.63, 3.8) is 0 Å². The molecule has 1 aliphatic carbocycles. The van der Waals surface area contributed by atoms with Gasteiger partial charge in [-0.25, -0.2) is 0 Å². The van der Waals surface area contributed by atoms with E-state index in [1.54, 1.807) is 0 Å². The van der Waals surface area contributed by atoms with Crippen molar-refractivity contribution >= 4 is 9.24 Å². The highest BCUT2D eigenvalue weighted by Gasteiger charge is 2.27. The van der Waals surface area contributed by atoms with Gasteiger partial charge in [0.2, 0.25) is 0 Å². The third kappa shape index (κ3) is 4.42. The topological polar surface area (TPSA) is 0 Å². The van der Waals surface area contributed by atoms with E-state index in [1.165, 1.54) is 44.7 Å². The Labute approximate surface area is 104 Å². The van der Waals surface area contributed by atoms with Gasteiger partial charge in [0.15, 0.2) is 0 Å². The first kappa shape index (κ1) is 14.0. The minimum atomic E-state index is 0.412. The van der Waals surface area contributed by atoms with E-state index in [9.17, 15) is 0 Å². The largest absolute Gasteiger partial charge is 0.138 e. The molecule has 3 unspecified atom stereocenters.